The molecule has 94 valence electrons. The van der Waals surface area contributed by atoms with Crippen LogP contribution in [-0.2, 0) is 4.74 Å². The van der Waals surface area contributed by atoms with Gasteiger partial charge in [-0.15, -0.1) is 0 Å². The van der Waals surface area contributed by atoms with Gasteiger partial charge in [0.15, 0.2) is 0 Å². The van der Waals surface area contributed by atoms with E-state index in [1.54, 1.807) is 6.92 Å². The minimum absolute atomic E-state index is 0.205. The molecule has 3 N–H and O–H groups in total. The van der Waals surface area contributed by atoms with Crippen molar-refractivity contribution < 1.29 is 14.9 Å². The Morgan fingerprint density at radius 3 is 2.88 bits per heavy atom. The molecule has 0 aromatic carbocycles. The van der Waals surface area contributed by atoms with Crippen LogP contribution in [0, 0.1) is 6.92 Å². The van der Waals surface area contributed by atoms with Crippen molar-refractivity contribution in [2.45, 2.75) is 31.8 Å². The predicted octanol–water partition coefficient (Wildman–Crippen LogP) is -1.51. The topological polar surface area (TPSA) is 105 Å². The largest absolute Gasteiger partial charge is 0.394 e. The summed E-state index contributed by atoms with van der Waals surface area (Å²) in [6.07, 6.45) is -0.581. The second kappa shape index (κ2) is 4.44. The summed E-state index contributed by atoms with van der Waals surface area (Å²) in [6.45, 7) is 1.26. The molecule has 0 saturated carbocycles. The number of hydrogen-bond acceptors (Lipinski definition) is 5. The van der Waals surface area contributed by atoms with Crippen LogP contribution in [0.1, 0.15) is 18.2 Å². The zero-order chi connectivity index (χ0) is 12.6. The molecule has 0 spiro atoms. The van der Waals surface area contributed by atoms with Crippen LogP contribution in [0.4, 0.5) is 0 Å². The predicted molar refractivity (Wildman–Crippen MR) is 57.7 cm³/mol. The Morgan fingerprint density at radius 2 is 2.29 bits per heavy atom. The van der Waals surface area contributed by atoms with E-state index in [1.807, 2.05) is 0 Å². The van der Waals surface area contributed by atoms with Gasteiger partial charge in [0, 0.05) is 18.2 Å². The van der Waals surface area contributed by atoms with Crippen LogP contribution >= 0.6 is 0 Å². The number of aryl methyl sites for hydroxylation is 1. The van der Waals surface area contributed by atoms with E-state index in [0.717, 1.165) is 0 Å². The van der Waals surface area contributed by atoms with Crippen LogP contribution in [0.3, 0.4) is 0 Å². The lowest BCUT2D eigenvalue weighted by atomic mass is 11.1. The quantitative estimate of drug-likeness (QED) is 0.555. The Bertz CT molecular complexity index is 520. The van der Waals surface area contributed by atoms with Crippen LogP contribution < -0.4 is 11.2 Å². The molecule has 0 radical (unpaired) electrons. The number of hydrogen-bond donors (Lipinski definition) is 3. The van der Waals surface area contributed by atoms with Gasteiger partial charge >= 0.3 is 5.69 Å². The highest BCUT2D eigenvalue weighted by atomic mass is 16.7. The molecule has 1 fully saturated rings. The molecule has 17 heavy (non-hydrogen) atoms. The van der Waals surface area contributed by atoms with Gasteiger partial charge in [0.05, 0.1) is 12.7 Å². The number of aliphatic hydroxyl groups excluding tert-OH is 2. The Kier molecular flexibility index (Phi) is 3.14. The maximum atomic E-state index is 11.6. The van der Waals surface area contributed by atoms with Crippen LogP contribution in [0.15, 0.2) is 15.8 Å². The maximum absolute atomic E-state index is 11.6. The van der Waals surface area contributed by atoms with Crippen molar-refractivity contribution in [2.75, 3.05) is 6.61 Å². The zero-order valence-corrected chi connectivity index (χ0v) is 9.29. The molecule has 2 rings (SSSR count). The zero-order valence-electron chi connectivity index (χ0n) is 9.29. The summed E-state index contributed by atoms with van der Waals surface area (Å²) in [6, 6.07) is 0. The molecule has 1 aromatic rings. The van der Waals surface area contributed by atoms with Crippen molar-refractivity contribution in [1.82, 2.24) is 9.55 Å². The lowest BCUT2D eigenvalue weighted by Crippen LogP contribution is -2.33. The molecule has 1 saturated heterocycles. The van der Waals surface area contributed by atoms with Gasteiger partial charge in [-0.05, 0) is 6.92 Å². The minimum atomic E-state index is -0.816. The van der Waals surface area contributed by atoms with Gasteiger partial charge in [-0.1, -0.05) is 0 Å². The minimum Gasteiger partial charge on any atom is -0.394 e. The van der Waals surface area contributed by atoms with Gasteiger partial charge in [0.1, 0.15) is 12.3 Å². The third-order valence-corrected chi connectivity index (χ3v) is 2.84. The molecule has 3 atom stereocenters. The van der Waals surface area contributed by atoms with Crippen molar-refractivity contribution in [3.05, 3.63) is 32.6 Å². The molecule has 2 heterocycles. The second-order valence-corrected chi connectivity index (χ2v) is 4.09. The highest BCUT2D eigenvalue weighted by Gasteiger charge is 2.34. The molecule has 7 nitrogen and oxygen atoms in total. The second-order valence-electron chi connectivity index (χ2n) is 4.09. The maximum Gasteiger partial charge on any atom is 0.330 e. The molecule has 7 heteroatoms. The van der Waals surface area contributed by atoms with Crippen LogP contribution in [0.5, 0.6) is 0 Å². The van der Waals surface area contributed by atoms with E-state index in [2.05, 4.69) is 4.98 Å². The summed E-state index contributed by atoms with van der Waals surface area (Å²) in [4.78, 5) is 24.9. The fourth-order valence-electron chi connectivity index (χ4n) is 1.85. The third kappa shape index (κ3) is 2.17. The van der Waals surface area contributed by atoms with Gasteiger partial charge < -0.3 is 14.9 Å². The van der Waals surface area contributed by atoms with Crippen molar-refractivity contribution in [3.8, 4) is 0 Å². The van der Waals surface area contributed by atoms with E-state index in [1.165, 1.54) is 10.8 Å². The number of aromatic nitrogens is 2. The fraction of sp³-hybridized carbons (Fsp3) is 0.600. The molecule has 0 amide bonds. The Hall–Kier alpha value is -1.44. The molecule has 1 aromatic heterocycles. The Labute approximate surface area is 96.3 Å². The lowest BCUT2D eigenvalue weighted by Gasteiger charge is -2.14. The fourth-order valence-corrected chi connectivity index (χ4v) is 1.85. The Balaban J connectivity index is 2.34. The average molecular weight is 252 g/mol. The van der Waals surface area contributed by atoms with Gasteiger partial charge in [-0.3, -0.25) is 14.3 Å². The average Bonchev–Trinajstić information content (AvgIpc) is 2.65. The first-order valence-electron chi connectivity index (χ1n) is 5.29. The summed E-state index contributed by atoms with van der Waals surface area (Å²) < 4.78 is 6.54. The van der Waals surface area contributed by atoms with Gasteiger partial charge in [0.25, 0.3) is 5.56 Å². The molecular formula is C10H14N2O5. The molecule has 0 aliphatic carbocycles. The first kappa shape index (κ1) is 12.0. The van der Waals surface area contributed by atoms with Crippen molar-refractivity contribution >= 4 is 0 Å². The van der Waals surface area contributed by atoms with Gasteiger partial charge in [-0.2, -0.15) is 0 Å². The van der Waals surface area contributed by atoms with Crippen molar-refractivity contribution in [1.29, 1.82) is 0 Å². The van der Waals surface area contributed by atoms with E-state index < -0.39 is 29.7 Å². The van der Waals surface area contributed by atoms with E-state index in [4.69, 9.17) is 9.84 Å². The monoisotopic (exact) mass is 252 g/mol. The summed E-state index contributed by atoms with van der Waals surface area (Å²) in [5.74, 6) is 0. The number of aliphatic hydroxyl groups is 2. The Morgan fingerprint density at radius 1 is 1.59 bits per heavy atom. The first-order valence-corrected chi connectivity index (χ1v) is 5.29. The molecule has 0 unspecified atom stereocenters. The normalized spacial score (nSPS) is 28.5. The smallest absolute Gasteiger partial charge is 0.330 e. The van der Waals surface area contributed by atoms with Crippen LogP contribution in [-0.4, -0.2) is 38.6 Å². The summed E-state index contributed by atoms with van der Waals surface area (Å²) in [5.41, 5.74) is -0.643. The van der Waals surface area contributed by atoms with Crippen molar-refractivity contribution in [2.24, 2.45) is 0 Å². The summed E-state index contributed by atoms with van der Waals surface area (Å²) >= 11 is 0. The number of nitrogens with one attached hydrogen (secondary N) is 1. The highest BCUT2D eigenvalue weighted by Crippen LogP contribution is 2.27. The summed E-state index contributed by atoms with van der Waals surface area (Å²) in [7, 11) is 0. The summed E-state index contributed by atoms with van der Waals surface area (Å²) in [5, 5.41) is 18.5. The SMILES string of the molecule is [13CH3][13c]1[13cH]n([13C@H]2[13CH2][13C@@H](O)[13C@@H]([13CH2]O)O2)[13c](=O)[nH][13c]1=O. The molecular weight excluding hydrogens is 238 g/mol. The van der Waals surface area contributed by atoms with Crippen LogP contribution in [0.2, 0.25) is 0 Å². The van der Waals surface area contributed by atoms with Crippen LogP contribution in [0.25, 0.3) is 0 Å². The number of aromatic amines is 1. The van der Waals surface area contributed by atoms with E-state index in [0.29, 0.717) is 5.56 Å². The lowest BCUT2D eigenvalue weighted by molar-refractivity contribution is -0.0459. The first-order chi connectivity index (χ1) is 8.02. The molecule has 1 aliphatic rings. The number of nitrogens with zero attached hydrogens (tertiary/aromatic N) is 1. The standard InChI is InChI=1S/C10H14N2O5/c1-5-3-12(10(16)11-9(5)15)8-2-6(14)7(4-13)17-8/h3,6-8,13-14H,2,4H2,1H3,(H,11,15,16)/t6-,7-,8-/m1/s1/i1+1,2+1,3+1,4+1,5+1,6+1,7+1,8+1,9+1,10+1. The number of ether oxygens (including phenoxy) is 1. The van der Waals surface area contributed by atoms with E-state index >= 15 is 0 Å². The van der Waals surface area contributed by atoms with E-state index in [-0.39, 0.29) is 13.0 Å². The van der Waals surface area contributed by atoms with E-state index in [9.17, 15) is 14.7 Å². The third-order valence-electron chi connectivity index (χ3n) is 2.84. The molecule has 0 bridgehead atoms. The van der Waals surface area contributed by atoms with Gasteiger partial charge in [0.2, 0.25) is 0 Å². The number of rotatable bonds is 2. The van der Waals surface area contributed by atoms with Crippen molar-refractivity contribution in [3.63, 3.8) is 0 Å². The highest BCUT2D eigenvalue weighted by molar-refractivity contribution is 5.02. The van der Waals surface area contributed by atoms with Gasteiger partial charge in [-0.25, -0.2) is 4.79 Å². The number of H-pyrrole nitrogens is 1. The molecule has 1 aliphatic heterocycles.